The Hall–Kier alpha value is -2.64. The van der Waals surface area contributed by atoms with Crippen molar-refractivity contribution in [1.29, 1.82) is 0 Å². The Morgan fingerprint density at radius 3 is 2.31 bits per heavy atom. The molecule has 7 heteroatoms. The molecular weight excluding hydrogens is 471 g/mol. The van der Waals surface area contributed by atoms with Crippen LogP contribution in [-0.2, 0) is 6.54 Å². The summed E-state index contributed by atoms with van der Waals surface area (Å²) in [6.07, 6.45) is 0.917. The van der Waals surface area contributed by atoms with Crippen LogP contribution in [-0.4, -0.2) is 23.3 Å². The van der Waals surface area contributed by atoms with Gasteiger partial charge in [-0.15, -0.1) is 0 Å². The molecule has 3 rings (SSSR count). The average Bonchev–Trinajstić information content (AvgIpc) is 2.78. The fourth-order valence-electron chi connectivity index (χ4n) is 3.82. The quantitative estimate of drug-likeness (QED) is 0.266. The van der Waals surface area contributed by atoms with Crippen molar-refractivity contribution in [2.75, 3.05) is 11.4 Å². The van der Waals surface area contributed by atoms with Gasteiger partial charge in [-0.05, 0) is 71.6 Å². The predicted octanol–water partition coefficient (Wildman–Crippen LogP) is 8.38. The normalized spacial score (nSPS) is 12.6. The molecule has 0 heterocycles. The summed E-state index contributed by atoms with van der Waals surface area (Å²) in [5.41, 5.74) is -1.60. The molecule has 1 unspecified atom stereocenters. The first-order valence-corrected chi connectivity index (χ1v) is 12.6. The van der Waals surface area contributed by atoms with Crippen molar-refractivity contribution in [2.45, 2.75) is 62.6 Å². The highest BCUT2D eigenvalue weighted by Crippen LogP contribution is 2.37. The lowest BCUT2D eigenvalue weighted by molar-refractivity contribution is -0.0328. The first-order valence-electron chi connectivity index (χ1n) is 11.8. The minimum Gasteiger partial charge on any atom is -0.457 e. The second-order valence-electron chi connectivity index (χ2n) is 8.84. The van der Waals surface area contributed by atoms with Crippen molar-refractivity contribution in [3.8, 4) is 11.5 Å². The maximum absolute atomic E-state index is 12.9. The summed E-state index contributed by atoms with van der Waals surface area (Å²) in [7, 11) is 0. The fourth-order valence-corrected chi connectivity index (χ4v) is 4.44. The molecule has 3 aromatic carbocycles. The number of benzene rings is 3. The lowest BCUT2D eigenvalue weighted by atomic mass is 10.0. The highest BCUT2D eigenvalue weighted by atomic mass is 32.2. The van der Waals surface area contributed by atoms with Crippen molar-refractivity contribution in [3.63, 3.8) is 0 Å². The third-order valence-corrected chi connectivity index (χ3v) is 6.22. The first kappa shape index (κ1) is 27.0. The second-order valence-corrected chi connectivity index (χ2v) is 9.98. The molecule has 188 valence electrons. The van der Waals surface area contributed by atoms with Gasteiger partial charge in [0.15, 0.2) is 0 Å². The van der Waals surface area contributed by atoms with Gasteiger partial charge >= 0.3 is 5.51 Å². The van der Waals surface area contributed by atoms with Crippen LogP contribution in [0.1, 0.15) is 50.7 Å². The Morgan fingerprint density at radius 2 is 1.63 bits per heavy atom. The third kappa shape index (κ3) is 8.82. The van der Waals surface area contributed by atoms with E-state index in [2.05, 4.69) is 19.9 Å². The van der Waals surface area contributed by atoms with Gasteiger partial charge in [-0.1, -0.05) is 57.5 Å². The molecule has 0 aliphatic carbocycles. The van der Waals surface area contributed by atoms with Crippen LogP contribution in [0.2, 0.25) is 0 Å². The highest BCUT2D eigenvalue weighted by molar-refractivity contribution is 8.00. The van der Waals surface area contributed by atoms with E-state index in [0.717, 1.165) is 23.4 Å². The van der Waals surface area contributed by atoms with Gasteiger partial charge < -0.3 is 14.7 Å². The Balaban J connectivity index is 1.85. The van der Waals surface area contributed by atoms with Gasteiger partial charge in [0, 0.05) is 29.7 Å². The standard InChI is InChI=1S/C28H32F3NO2S/c1-4-8-24(33)19-32(18-21-9-5-14-27(15-21)35-28(29,30)31)23-11-7-13-26(17-23)34-25-12-6-10-22(16-25)20(2)3/h5-7,9-17,20,24,33H,4,8,18-19H2,1-3H3. The summed E-state index contributed by atoms with van der Waals surface area (Å²) in [6.45, 7) is 6.98. The number of hydrogen-bond acceptors (Lipinski definition) is 4. The van der Waals surface area contributed by atoms with Crippen molar-refractivity contribution in [3.05, 3.63) is 83.9 Å². The van der Waals surface area contributed by atoms with Crippen LogP contribution in [0.3, 0.4) is 0 Å². The van der Waals surface area contributed by atoms with Gasteiger partial charge in [0.1, 0.15) is 11.5 Å². The number of halogens is 3. The zero-order valence-corrected chi connectivity index (χ0v) is 21.1. The zero-order chi connectivity index (χ0) is 25.4. The third-order valence-electron chi connectivity index (χ3n) is 5.50. The summed E-state index contributed by atoms with van der Waals surface area (Å²) in [5, 5.41) is 10.5. The minimum absolute atomic E-state index is 0.121. The number of aliphatic hydroxyl groups is 1. The molecule has 3 nitrogen and oxygen atoms in total. The summed E-state index contributed by atoms with van der Waals surface area (Å²) < 4.78 is 44.7. The molecule has 35 heavy (non-hydrogen) atoms. The van der Waals surface area contributed by atoms with E-state index in [-0.39, 0.29) is 16.7 Å². The number of nitrogens with zero attached hydrogens (tertiary/aromatic N) is 1. The van der Waals surface area contributed by atoms with E-state index >= 15 is 0 Å². The average molecular weight is 504 g/mol. The van der Waals surface area contributed by atoms with E-state index in [1.54, 1.807) is 18.2 Å². The lowest BCUT2D eigenvalue weighted by Crippen LogP contribution is -2.32. The predicted molar refractivity (Wildman–Crippen MR) is 137 cm³/mol. The van der Waals surface area contributed by atoms with Crippen LogP contribution < -0.4 is 9.64 Å². The molecule has 0 radical (unpaired) electrons. The Morgan fingerprint density at radius 1 is 0.943 bits per heavy atom. The molecule has 0 amide bonds. The van der Waals surface area contributed by atoms with Crippen molar-refractivity contribution < 1.29 is 23.0 Å². The summed E-state index contributed by atoms with van der Waals surface area (Å²) in [6, 6.07) is 22.0. The fraction of sp³-hybridized carbons (Fsp3) is 0.357. The number of thioether (sulfide) groups is 1. The molecule has 0 aromatic heterocycles. The maximum Gasteiger partial charge on any atom is 0.446 e. The molecule has 1 N–H and O–H groups in total. The SMILES string of the molecule is CCCC(O)CN(Cc1cccc(SC(F)(F)F)c1)c1cccc(Oc2cccc(C(C)C)c2)c1. The smallest absolute Gasteiger partial charge is 0.446 e. The molecule has 0 aliphatic heterocycles. The number of rotatable bonds is 11. The largest absolute Gasteiger partial charge is 0.457 e. The van der Waals surface area contributed by atoms with E-state index < -0.39 is 11.6 Å². The Labute approximate surface area is 209 Å². The monoisotopic (exact) mass is 503 g/mol. The summed E-state index contributed by atoms with van der Waals surface area (Å²) in [4.78, 5) is 2.13. The molecule has 0 saturated heterocycles. The molecule has 0 saturated carbocycles. The minimum atomic E-state index is -4.34. The van der Waals surface area contributed by atoms with Gasteiger partial charge in [-0.2, -0.15) is 13.2 Å². The lowest BCUT2D eigenvalue weighted by Gasteiger charge is -2.28. The van der Waals surface area contributed by atoms with Crippen LogP contribution in [0.5, 0.6) is 11.5 Å². The maximum atomic E-state index is 12.9. The van der Waals surface area contributed by atoms with Crippen LogP contribution >= 0.6 is 11.8 Å². The van der Waals surface area contributed by atoms with E-state index in [1.807, 2.05) is 54.3 Å². The van der Waals surface area contributed by atoms with Crippen molar-refractivity contribution in [2.24, 2.45) is 0 Å². The number of alkyl halides is 3. The highest BCUT2D eigenvalue weighted by Gasteiger charge is 2.29. The van der Waals surface area contributed by atoms with Crippen LogP contribution in [0.15, 0.2) is 77.7 Å². The Bertz CT molecular complexity index is 1090. The van der Waals surface area contributed by atoms with Gasteiger partial charge in [0.05, 0.1) is 6.10 Å². The van der Waals surface area contributed by atoms with Crippen molar-refractivity contribution in [1.82, 2.24) is 0 Å². The second kappa shape index (κ2) is 12.4. The molecular formula is C28H32F3NO2S. The van der Waals surface area contributed by atoms with E-state index in [4.69, 9.17) is 4.74 Å². The molecule has 0 fully saturated rings. The Kier molecular flexibility index (Phi) is 9.52. The molecule has 0 bridgehead atoms. The number of hydrogen-bond donors (Lipinski definition) is 1. The number of ether oxygens (including phenoxy) is 1. The topological polar surface area (TPSA) is 32.7 Å². The van der Waals surface area contributed by atoms with Crippen molar-refractivity contribution >= 4 is 17.4 Å². The van der Waals surface area contributed by atoms with E-state index in [1.165, 1.54) is 11.6 Å². The van der Waals surface area contributed by atoms with Gasteiger partial charge in [-0.25, -0.2) is 0 Å². The van der Waals surface area contributed by atoms with Gasteiger partial charge in [0.2, 0.25) is 0 Å². The summed E-state index contributed by atoms with van der Waals surface area (Å²) in [5.74, 6) is 1.77. The molecule has 0 spiro atoms. The first-order chi connectivity index (χ1) is 16.6. The van der Waals surface area contributed by atoms with Crippen LogP contribution in [0.25, 0.3) is 0 Å². The van der Waals surface area contributed by atoms with Gasteiger partial charge in [-0.3, -0.25) is 0 Å². The van der Waals surface area contributed by atoms with E-state index in [0.29, 0.717) is 31.2 Å². The number of anilines is 1. The number of aliphatic hydroxyl groups excluding tert-OH is 1. The van der Waals surface area contributed by atoms with E-state index in [9.17, 15) is 18.3 Å². The molecule has 1 atom stereocenters. The summed E-state index contributed by atoms with van der Waals surface area (Å²) >= 11 is -0.121. The van der Waals surface area contributed by atoms with Crippen LogP contribution in [0, 0.1) is 0 Å². The van der Waals surface area contributed by atoms with Crippen LogP contribution in [0.4, 0.5) is 18.9 Å². The molecule has 0 aliphatic rings. The van der Waals surface area contributed by atoms with Gasteiger partial charge in [0.25, 0.3) is 0 Å². The molecule has 3 aromatic rings. The zero-order valence-electron chi connectivity index (χ0n) is 20.3.